The number of carbonyl (C=O) groups excluding carboxylic acids is 1. The van der Waals surface area contributed by atoms with Crippen molar-refractivity contribution in [1.29, 1.82) is 0 Å². The zero-order valence-electron chi connectivity index (χ0n) is 17.2. The van der Waals surface area contributed by atoms with Crippen LogP contribution in [0.4, 0.5) is 17.2 Å². The van der Waals surface area contributed by atoms with Crippen LogP contribution in [-0.4, -0.2) is 34.8 Å². The molecule has 33 heavy (non-hydrogen) atoms. The molecule has 4 rings (SSSR count). The van der Waals surface area contributed by atoms with Crippen molar-refractivity contribution in [2.45, 2.75) is 29.3 Å². The zero-order valence-corrected chi connectivity index (χ0v) is 18.9. The van der Waals surface area contributed by atoms with Crippen LogP contribution in [0.25, 0.3) is 0 Å². The molecule has 0 amide bonds. The summed E-state index contributed by atoms with van der Waals surface area (Å²) in [5, 5.41) is 19.6. The van der Waals surface area contributed by atoms with Crippen molar-refractivity contribution in [3.8, 4) is 0 Å². The van der Waals surface area contributed by atoms with Gasteiger partial charge < -0.3 is 5.32 Å². The van der Waals surface area contributed by atoms with Crippen LogP contribution < -0.4 is 10.5 Å². The van der Waals surface area contributed by atoms with Crippen LogP contribution in [-0.2, 0) is 22.9 Å². The maximum atomic E-state index is 12.5. The largest absolute Gasteiger partial charge is 0.340 e. The standard InChI is InChI=1S/C21H19N5O5S2/c22-33(30,31)16-10-6-14(7-11-16)23-20-17-2-1-3-18(17)24-21(25-20)32-12-19(27)13-4-8-15(9-5-13)26(28)29/h4-11H,1-3,12H2,(H2,22,30,31)(H,23,24,25). The lowest BCUT2D eigenvalue weighted by molar-refractivity contribution is -0.384. The molecule has 1 aliphatic carbocycles. The summed E-state index contributed by atoms with van der Waals surface area (Å²) in [7, 11) is -3.78. The zero-order chi connectivity index (χ0) is 23.6. The number of fused-ring (bicyclic) bond motifs is 1. The van der Waals surface area contributed by atoms with Crippen molar-refractivity contribution >= 4 is 44.8 Å². The van der Waals surface area contributed by atoms with Gasteiger partial charge >= 0.3 is 0 Å². The topological polar surface area (TPSA) is 158 Å². The summed E-state index contributed by atoms with van der Waals surface area (Å²) < 4.78 is 22.9. The third kappa shape index (κ3) is 5.35. The van der Waals surface area contributed by atoms with Gasteiger partial charge in [-0.15, -0.1) is 0 Å². The molecular formula is C21H19N5O5S2. The van der Waals surface area contributed by atoms with E-state index in [2.05, 4.69) is 15.3 Å². The van der Waals surface area contributed by atoms with Crippen LogP contribution in [0.15, 0.2) is 58.6 Å². The molecular weight excluding hydrogens is 466 g/mol. The third-order valence-electron chi connectivity index (χ3n) is 5.09. The van der Waals surface area contributed by atoms with E-state index in [0.717, 1.165) is 30.5 Å². The first-order chi connectivity index (χ1) is 15.7. The van der Waals surface area contributed by atoms with E-state index in [0.29, 0.717) is 22.2 Å². The number of hydrogen-bond acceptors (Lipinski definition) is 9. The minimum atomic E-state index is -3.78. The highest BCUT2D eigenvalue weighted by atomic mass is 32.2. The predicted octanol–water partition coefficient (Wildman–Crippen LogP) is 3.24. The quantitative estimate of drug-likeness (QED) is 0.161. The number of primary sulfonamides is 1. The molecule has 3 aromatic rings. The van der Waals surface area contributed by atoms with Gasteiger partial charge in [0, 0.05) is 28.9 Å². The number of carbonyl (C=O) groups is 1. The normalized spacial score (nSPS) is 12.9. The highest BCUT2D eigenvalue weighted by molar-refractivity contribution is 7.99. The van der Waals surface area contributed by atoms with E-state index in [1.807, 2.05) is 0 Å². The lowest BCUT2D eigenvalue weighted by Gasteiger charge is -2.12. The van der Waals surface area contributed by atoms with E-state index in [-0.39, 0.29) is 22.1 Å². The number of anilines is 2. The number of nitrogens with zero attached hydrogens (tertiary/aromatic N) is 3. The number of aryl methyl sites for hydroxylation is 1. The first kappa shape index (κ1) is 22.8. The number of nitrogens with two attached hydrogens (primary N) is 1. The van der Waals surface area contributed by atoms with E-state index < -0.39 is 14.9 Å². The molecule has 0 saturated heterocycles. The van der Waals surface area contributed by atoms with Gasteiger partial charge in [-0.2, -0.15) is 0 Å². The molecule has 1 aromatic heterocycles. The monoisotopic (exact) mass is 485 g/mol. The summed E-state index contributed by atoms with van der Waals surface area (Å²) in [6, 6.07) is 11.5. The number of rotatable bonds is 8. The number of sulfonamides is 1. The molecule has 10 nitrogen and oxygen atoms in total. The molecule has 1 heterocycles. The molecule has 0 saturated carbocycles. The van der Waals surface area contributed by atoms with Gasteiger partial charge in [0.25, 0.3) is 5.69 Å². The van der Waals surface area contributed by atoms with Gasteiger partial charge in [0.1, 0.15) is 5.82 Å². The maximum Gasteiger partial charge on any atom is 0.269 e. The van der Waals surface area contributed by atoms with Gasteiger partial charge in [0.2, 0.25) is 10.0 Å². The van der Waals surface area contributed by atoms with Crippen molar-refractivity contribution in [3.63, 3.8) is 0 Å². The third-order valence-corrected chi connectivity index (χ3v) is 6.87. The lowest BCUT2D eigenvalue weighted by Crippen LogP contribution is -2.12. The number of nitro benzene ring substituents is 1. The predicted molar refractivity (Wildman–Crippen MR) is 123 cm³/mol. The first-order valence-corrected chi connectivity index (χ1v) is 12.4. The van der Waals surface area contributed by atoms with Gasteiger partial charge in [0.05, 0.1) is 21.3 Å². The van der Waals surface area contributed by atoms with Crippen molar-refractivity contribution in [1.82, 2.24) is 9.97 Å². The van der Waals surface area contributed by atoms with Gasteiger partial charge in [-0.05, 0) is 55.7 Å². The molecule has 2 aromatic carbocycles. The number of thioether (sulfide) groups is 1. The van der Waals surface area contributed by atoms with Gasteiger partial charge in [0.15, 0.2) is 10.9 Å². The van der Waals surface area contributed by atoms with Crippen LogP contribution in [0, 0.1) is 10.1 Å². The second kappa shape index (κ2) is 9.25. The average Bonchev–Trinajstić information content (AvgIpc) is 3.26. The first-order valence-electron chi connectivity index (χ1n) is 9.91. The minimum absolute atomic E-state index is 0.0157. The molecule has 0 aliphatic heterocycles. The molecule has 0 unspecified atom stereocenters. The van der Waals surface area contributed by atoms with Crippen LogP contribution >= 0.6 is 11.8 Å². The Balaban J connectivity index is 1.50. The van der Waals surface area contributed by atoms with Gasteiger partial charge in [-0.1, -0.05) is 11.8 Å². The average molecular weight is 486 g/mol. The van der Waals surface area contributed by atoms with Crippen LogP contribution in [0.3, 0.4) is 0 Å². The Kier molecular flexibility index (Phi) is 6.40. The molecule has 0 spiro atoms. The molecule has 12 heteroatoms. The molecule has 1 aliphatic rings. The highest BCUT2D eigenvalue weighted by Gasteiger charge is 2.21. The Labute approximate surface area is 193 Å². The van der Waals surface area contributed by atoms with Crippen molar-refractivity contribution < 1.29 is 18.1 Å². The fourth-order valence-corrected chi connectivity index (χ4v) is 4.70. The summed E-state index contributed by atoms with van der Waals surface area (Å²) in [4.78, 5) is 31.9. The van der Waals surface area contributed by atoms with E-state index >= 15 is 0 Å². The fourth-order valence-electron chi connectivity index (χ4n) is 3.42. The number of benzene rings is 2. The number of aromatic nitrogens is 2. The van der Waals surface area contributed by atoms with Crippen LogP contribution in [0.5, 0.6) is 0 Å². The number of nitrogens with one attached hydrogen (secondary N) is 1. The summed E-state index contributed by atoms with van der Waals surface area (Å²) in [6.45, 7) is 0. The number of Topliss-reactive ketones (excluding diaryl/α,β-unsaturated/α-hetero) is 1. The second-order valence-electron chi connectivity index (χ2n) is 7.34. The molecule has 0 radical (unpaired) electrons. The smallest absolute Gasteiger partial charge is 0.269 e. The van der Waals surface area contributed by atoms with Crippen molar-refractivity contribution in [2.75, 3.05) is 11.1 Å². The number of non-ortho nitro benzene ring substituents is 1. The summed E-state index contributed by atoms with van der Waals surface area (Å²) in [5.41, 5.74) is 2.86. The van der Waals surface area contributed by atoms with E-state index in [1.165, 1.54) is 48.2 Å². The van der Waals surface area contributed by atoms with Gasteiger partial charge in [-0.3, -0.25) is 14.9 Å². The van der Waals surface area contributed by atoms with Crippen molar-refractivity contribution in [2.24, 2.45) is 5.14 Å². The Morgan fingerprint density at radius 1 is 1.09 bits per heavy atom. The van der Waals surface area contributed by atoms with E-state index in [4.69, 9.17) is 5.14 Å². The summed E-state index contributed by atoms with van der Waals surface area (Å²) in [6.07, 6.45) is 2.57. The molecule has 0 fully saturated rings. The molecule has 0 bridgehead atoms. The van der Waals surface area contributed by atoms with Crippen LogP contribution in [0.1, 0.15) is 28.0 Å². The Morgan fingerprint density at radius 3 is 2.42 bits per heavy atom. The highest BCUT2D eigenvalue weighted by Crippen LogP contribution is 2.31. The van der Waals surface area contributed by atoms with Crippen LogP contribution in [0.2, 0.25) is 0 Å². The molecule has 3 N–H and O–H groups in total. The fraction of sp³-hybridized carbons (Fsp3) is 0.190. The number of ketones is 1. The second-order valence-corrected chi connectivity index (χ2v) is 9.85. The van der Waals surface area contributed by atoms with Crippen molar-refractivity contribution in [3.05, 3.63) is 75.5 Å². The number of nitro groups is 1. The molecule has 0 atom stereocenters. The lowest BCUT2D eigenvalue weighted by atomic mass is 10.1. The maximum absolute atomic E-state index is 12.5. The Hall–Kier alpha value is -3.35. The summed E-state index contributed by atoms with van der Waals surface area (Å²) in [5.74, 6) is 0.511. The number of hydrogen-bond donors (Lipinski definition) is 2. The molecule has 170 valence electrons. The SMILES string of the molecule is NS(=O)(=O)c1ccc(Nc2nc(SCC(=O)c3ccc([N+](=O)[O-])cc3)nc3c2CCC3)cc1. The minimum Gasteiger partial charge on any atom is -0.340 e. The Bertz CT molecular complexity index is 1330. The van der Waals surface area contributed by atoms with E-state index in [1.54, 1.807) is 12.1 Å². The van der Waals surface area contributed by atoms with Gasteiger partial charge in [-0.25, -0.2) is 23.5 Å². The Morgan fingerprint density at radius 2 is 1.79 bits per heavy atom. The summed E-state index contributed by atoms with van der Waals surface area (Å²) >= 11 is 1.19. The van der Waals surface area contributed by atoms with E-state index in [9.17, 15) is 23.3 Å².